The van der Waals surface area contributed by atoms with Crippen molar-refractivity contribution in [3.8, 4) is 0 Å². The Labute approximate surface area is 123 Å². The quantitative estimate of drug-likeness (QED) is 0.335. The number of aliphatic imine (C=N–C) groups is 1. The number of rotatable bonds is 11. The van der Waals surface area contributed by atoms with Crippen LogP contribution in [0, 0.1) is 0 Å². The van der Waals surface area contributed by atoms with Crippen molar-refractivity contribution in [1.82, 2.24) is 10.6 Å². The van der Waals surface area contributed by atoms with Gasteiger partial charge in [0.25, 0.3) is 0 Å². The third-order valence-corrected chi connectivity index (χ3v) is 4.37. The highest BCUT2D eigenvalue weighted by Crippen LogP contribution is 1.91. The zero-order chi connectivity index (χ0) is 15.3. The van der Waals surface area contributed by atoms with E-state index in [1.165, 1.54) is 0 Å². The lowest BCUT2D eigenvalue weighted by molar-refractivity contribution is 0.144. The van der Waals surface area contributed by atoms with Crippen LogP contribution in [0.5, 0.6) is 0 Å². The fraction of sp³-hybridized carbons (Fsp3) is 0.923. The van der Waals surface area contributed by atoms with E-state index in [4.69, 9.17) is 4.74 Å². The summed E-state index contributed by atoms with van der Waals surface area (Å²) in [6.45, 7) is 9.00. The summed E-state index contributed by atoms with van der Waals surface area (Å²) in [6.07, 6.45) is 1.95. The van der Waals surface area contributed by atoms with E-state index in [2.05, 4.69) is 15.6 Å². The maximum Gasteiger partial charge on any atom is 0.191 e. The largest absolute Gasteiger partial charge is 0.382 e. The minimum absolute atomic E-state index is 0.137. The molecule has 6 nitrogen and oxygen atoms in total. The minimum Gasteiger partial charge on any atom is -0.382 e. The molecule has 0 aromatic carbocycles. The monoisotopic (exact) mass is 307 g/mol. The van der Waals surface area contributed by atoms with Crippen LogP contribution in [0.3, 0.4) is 0 Å². The van der Waals surface area contributed by atoms with Gasteiger partial charge < -0.3 is 15.4 Å². The summed E-state index contributed by atoms with van der Waals surface area (Å²) in [6, 6.07) is 0. The molecule has 0 fully saturated rings. The number of guanidine groups is 1. The third-order valence-electron chi connectivity index (χ3n) is 2.66. The number of hydrogen-bond donors (Lipinski definition) is 2. The van der Waals surface area contributed by atoms with Gasteiger partial charge in [0, 0.05) is 38.6 Å². The highest BCUT2D eigenvalue weighted by molar-refractivity contribution is 7.91. The van der Waals surface area contributed by atoms with Gasteiger partial charge in [0.05, 0.1) is 5.75 Å². The normalized spacial score (nSPS) is 12.4. The number of sulfone groups is 1. The molecule has 120 valence electrons. The molecule has 0 rings (SSSR count). The lowest BCUT2D eigenvalue weighted by atomic mass is 10.3. The average Bonchev–Trinajstić information content (AvgIpc) is 2.42. The molecule has 0 spiro atoms. The van der Waals surface area contributed by atoms with Gasteiger partial charge in [0.1, 0.15) is 0 Å². The standard InChI is InChI=1S/C13H29N3O3S/c1-4-14-13(15-9-7-8-11-19-5-2)16-10-12-20(17,18)6-3/h4-12H2,1-3H3,(H2,14,15,16). The third kappa shape index (κ3) is 11.0. The molecular formula is C13H29N3O3S. The first kappa shape index (κ1) is 19.2. The van der Waals surface area contributed by atoms with Gasteiger partial charge >= 0.3 is 0 Å². The van der Waals surface area contributed by atoms with Crippen molar-refractivity contribution in [3.63, 3.8) is 0 Å². The number of hydrogen-bond acceptors (Lipinski definition) is 4. The van der Waals surface area contributed by atoms with Crippen molar-refractivity contribution >= 4 is 15.8 Å². The molecule has 2 N–H and O–H groups in total. The molecule has 0 aromatic rings. The molecule has 0 aliphatic heterocycles. The predicted octanol–water partition coefficient (Wildman–Crippen LogP) is 0.793. The summed E-state index contributed by atoms with van der Waals surface area (Å²) in [4.78, 5) is 4.40. The Morgan fingerprint density at radius 2 is 1.90 bits per heavy atom. The first-order chi connectivity index (χ1) is 9.55. The van der Waals surface area contributed by atoms with Crippen LogP contribution < -0.4 is 10.6 Å². The van der Waals surface area contributed by atoms with Gasteiger partial charge in [-0.05, 0) is 26.7 Å². The zero-order valence-corrected chi connectivity index (χ0v) is 13.8. The predicted molar refractivity (Wildman–Crippen MR) is 84.0 cm³/mol. The molecule has 7 heteroatoms. The van der Waals surface area contributed by atoms with E-state index < -0.39 is 9.84 Å². The van der Waals surface area contributed by atoms with Crippen molar-refractivity contribution < 1.29 is 13.2 Å². The summed E-state index contributed by atoms with van der Waals surface area (Å²) >= 11 is 0. The number of nitrogens with one attached hydrogen (secondary N) is 2. The Morgan fingerprint density at radius 1 is 1.15 bits per heavy atom. The van der Waals surface area contributed by atoms with E-state index in [-0.39, 0.29) is 11.5 Å². The van der Waals surface area contributed by atoms with Crippen molar-refractivity contribution in [3.05, 3.63) is 0 Å². The van der Waals surface area contributed by atoms with E-state index in [9.17, 15) is 8.42 Å². The first-order valence-corrected chi connectivity index (χ1v) is 9.18. The summed E-state index contributed by atoms with van der Waals surface area (Å²) in [5, 5.41) is 6.14. The molecule has 0 atom stereocenters. The number of nitrogens with zero attached hydrogens (tertiary/aromatic N) is 1. The number of unbranched alkanes of at least 4 members (excludes halogenated alkanes) is 1. The van der Waals surface area contributed by atoms with Gasteiger partial charge in [0.15, 0.2) is 15.8 Å². The van der Waals surface area contributed by atoms with E-state index in [1.807, 2.05) is 13.8 Å². The Morgan fingerprint density at radius 3 is 2.50 bits per heavy atom. The molecule has 0 unspecified atom stereocenters. The fourth-order valence-electron chi connectivity index (χ4n) is 1.46. The second-order valence-corrected chi connectivity index (χ2v) is 6.80. The van der Waals surface area contributed by atoms with Crippen LogP contribution in [0.1, 0.15) is 33.6 Å². The van der Waals surface area contributed by atoms with Gasteiger partial charge in [-0.2, -0.15) is 0 Å². The summed E-state index contributed by atoms with van der Waals surface area (Å²) in [5.41, 5.74) is 0. The van der Waals surface area contributed by atoms with E-state index in [0.29, 0.717) is 19.0 Å². The van der Waals surface area contributed by atoms with Gasteiger partial charge in [-0.15, -0.1) is 0 Å². The highest BCUT2D eigenvalue weighted by atomic mass is 32.2. The lowest BCUT2D eigenvalue weighted by Gasteiger charge is -2.11. The van der Waals surface area contributed by atoms with E-state index >= 15 is 0 Å². The van der Waals surface area contributed by atoms with Gasteiger partial charge in [-0.1, -0.05) is 6.92 Å². The molecule has 0 saturated carbocycles. The SMILES string of the molecule is CCNC(=NCCCCOCC)NCCS(=O)(=O)CC. The highest BCUT2D eigenvalue weighted by Gasteiger charge is 2.07. The molecule has 0 aliphatic carbocycles. The van der Waals surface area contributed by atoms with Crippen LogP contribution in [0.4, 0.5) is 0 Å². The lowest BCUT2D eigenvalue weighted by Crippen LogP contribution is -2.39. The molecule has 0 aromatic heterocycles. The maximum atomic E-state index is 11.4. The van der Waals surface area contributed by atoms with Crippen molar-refractivity contribution in [1.29, 1.82) is 0 Å². The average molecular weight is 307 g/mol. The van der Waals surface area contributed by atoms with Crippen molar-refractivity contribution in [2.75, 3.05) is 44.4 Å². The maximum absolute atomic E-state index is 11.4. The van der Waals surface area contributed by atoms with Crippen LogP contribution in [0.2, 0.25) is 0 Å². The molecule has 0 radical (unpaired) electrons. The van der Waals surface area contributed by atoms with Crippen molar-refractivity contribution in [2.24, 2.45) is 4.99 Å². The van der Waals surface area contributed by atoms with Gasteiger partial charge in [-0.25, -0.2) is 8.42 Å². The van der Waals surface area contributed by atoms with Gasteiger partial charge in [0.2, 0.25) is 0 Å². The molecule has 0 aliphatic rings. The summed E-state index contributed by atoms with van der Waals surface area (Å²) in [5.74, 6) is 0.994. The van der Waals surface area contributed by atoms with Crippen LogP contribution in [-0.2, 0) is 14.6 Å². The smallest absolute Gasteiger partial charge is 0.191 e. The van der Waals surface area contributed by atoms with E-state index in [0.717, 1.165) is 32.6 Å². The molecule has 0 heterocycles. The van der Waals surface area contributed by atoms with Crippen LogP contribution in [0.25, 0.3) is 0 Å². The first-order valence-electron chi connectivity index (χ1n) is 7.36. The zero-order valence-electron chi connectivity index (χ0n) is 12.9. The second kappa shape index (κ2) is 12.0. The topological polar surface area (TPSA) is 79.8 Å². The summed E-state index contributed by atoms with van der Waals surface area (Å²) < 4.78 is 28.0. The van der Waals surface area contributed by atoms with Crippen LogP contribution >= 0.6 is 0 Å². The van der Waals surface area contributed by atoms with Crippen LogP contribution in [-0.4, -0.2) is 58.7 Å². The molecular weight excluding hydrogens is 278 g/mol. The minimum atomic E-state index is -2.93. The van der Waals surface area contributed by atoms with Gasteiger partial charge in [-0.3, -0.25) is 4.99 Å². The second-order valence-electron chi connectivity index (χ2n) is 4.33. The molecule has 0 amide bonds. The fourth-order valence-corrected chi connectivity index (χ4v) is 2.16. The number of ether oxygens (including phenoxy) is 1. The Balaban J connectivity index is 3.96. The summed E-state index contributed by atoms with van der Waals surface area (Å²) in [7, 11) is -2.93. The Bertz CT molecular complexity index is 356. The molecule has 20 heavy (non-hydrogen) atoms. The molecule has 0 saturated heterocycles. The van der Waals surface area contributed by atoms with Crippen molar-refractivity contribution in [2.45, 2.75) is 33.6 Å². The molecule has 0 bridgehead atoms. The van der Waals surface area contributed by atoms with E-state index in [1.54, 1.807) is 6.92 Å². The van der Waals surface area contributed by atoms with Crippen LogP contribution in [0.15, 0.2) is 4.99 Å². The Hall–Kier alpha value is -0.820. The Kier molecular flexibility index (Phi) is 11.5.